The summed E-state index contributed by atoms with van der Waals surface area (Å²) < 4.78 is 0.170. The first-order chi connectivity index (χ1) is 8.47. The van der Waals surface area contributed by atoms with Crippen LogP contribution in [-0.4, -0.2) is 20.6 Å². The maximum atomic E-state index is 10.3. The van der Waals surface area contributed by atoms with Crippen molar-refractivity contribution in [3.63, 3.8) is 0 Å². The quantitative estimate of drug-likeness (QED) is 0.912. The van der Waals surface area contributed by atoms with E-state index in [1.165, 1.54) is 0 Å². The van der Waals surface area contributed by atoms with Gasteiger partial charge in [-0.1, -0.05) is 39.0 Å². The highest BCUT2D eigenvalue weighted by Gasteiger charge is 2.16. The van der Waals surface area contributed by atoms with Crippen molar-refractivity contribution in [1.29, 1.82) is 0 Å². The Kier molecular flexibility index (Phi) is 3.93. The van der Waals surface area contributed by atoms with Crippen LogP contribution in [0.2, 0.25) is 0 Å². The Balaban J connectivity index is 2.25. The molecule has 1 N–H and O–H groups in total. The van der Waals surface area contributed by atoms with Gasteiger partial charge in [0.1, 0.15) is 0 Å². The van der Waals surface area contributed by atoms with Crippen LogP contribution in [0.1, 0.15) is 32.4 Å². The molecule has 0 aliphatic rings. The lowest BCUT2D eigenvalue weighted by Gasteiger charge is -2.20. The van der Waals surface area contributed by atoms with Gasteiger partial charge < -0.3 is 5.11 Å². The van der Waals surface area contributed by atoms with E-state index in [0.717, 1.165) is 16.3 Å². The van der Waals surface area contributed by atoms with Gasteiger partial charge in [-0.2, -0.15) is 11.8 Å². The Morgan fingerprint density at radius 3 is 2.78 bits per heavy atom. The second-order valence-corrected chi connectivity index (χ2v) is 7.23. The van der Waals surface area contributed by atoms with Crippen LogP contribution in [0, 0.1) is 0 Å². The van der Waals surface area contributed by atoms with Crippen molar-refractivity contribution in [2.45, 2.75) is 31.6 Å². The Morgan fingerprint density at radius 2 is 2.06 bits per heavy atom. The number of thioether (sulfide) groups is 1. The fraction of sp³-hybridized carbons (Fsp3) is 0.400. The highest BCUT2D eigenvalue weighted by atomic mass is 32.2. The zero-order valence-electron chi connectivity index (χ0n) is 11.1. The summed E-state index contributed by atoms with van der Waals surface area (Å²) in [6, 6.07) is 7.99. The van der Waals surface area contributed by atoms with Crippen LogP contribution in [0.4, 0.5) is 0 Å². The lowest BCUT2D eigenvalue weighted by atomic mass is 10.0. The summed E-state index contributed by atoms with van der Waals surface area (Å²) in [4.78, 5) is 4.15. The molecule has 0 aliphatic carbocycles. The molecule has 1 unspecified atom stereocenters. The summed E-state index contributed by atoms with van der Waals surface area (Å²) in [7, 11) is 0. The lowest BCUT2D eigenvalue weighted by Crippen LogP contribution is -2.12. The molecule has 0 spiro atoms. The minimum absolute atomic E-state index is 0.170. The molecule has 0 amide bonds. The molecule has 1 aromatic carbocycles. The van der Waals surface area contributed by atoms with E-state index in [4.69, 9.17) is 0 Å². The van der Waals surface area contributed by atoms with E-state index in [1.54, 1.807) is 18.0 Å². The fourth-order valence-corrected chi connectivity index (χ4v) is 2.68. The predicted octanol–water partition coefficient (Wildman–Crippen LogP) is 3.80. The number of pyridine rings is 1. The van der Waals surface area contributed by atoms with Crippen LogP contribution in [0.5, 0.6) is 0 Å². The molecule has 1 aromatic heterocycles. The van der Waals surface area contributed by atoms with Gasteiger partial charge >= 0.3 is 0 Å². The van der Waals surface area contributed by atoms with Gasteiger partial charge in [0.25, 0.3) is 0 Å². The molecule has 0 aliphatic heterocycles. The van der Waals surface area contributed by atoms with E-state index < -0.39 is 6.10 Å². The lowest BCUT2D eigenvalue weighted by molar-refractivity contribution is 0.205. The topological polar surface area (TPSA) is 33.1 Å². The number of benzene rings is 1. The van der Waals surface area contributed by atoms with Crippen molar-refractivity contribution in [1.82, 2.24) is 4.98 Å². The highest BCUT2D eigenvalue weighted by molar-refractivity contribution is 8.00. The number of aliphatic hydroxyl groups is 1. The third kappa shape index (κ3) is 3.24. The first-order valence-electron chi connectivity index (χ1n) is 6.12. The molecule has 2 aromatic rings. The zero-order valence-corrected chi connectivity index (χ0v) is 11.9. The van der Waals surface area contributed by atoms with Crippen molar-refractivity contribution >= 4 is 22.5 Å². The van der Waals surface area contributed by atoms with E-state index in [9.17, 15) is 5.11 Å². The van der Waals surface area contributed by atoms with E-state index in [2.05, 4.69) is 25.8 Å². The molecule has 0 saturated heterocycles. The Hall–Kier alpha value is -1.06. The maximum Gasteiger partial charge on any atom is 0.0887 e. The van der Waals surface area contributed by atoms with Crippen molar-refractivity contribution in [2.24, 2.45) is 0 Å². The summed E-state index contributed by atoms with van der Waals surface area (Å²) in [5.74, 6) is 0.706. The second-order valence-electron chi connectivity index (χ2n) is 5.38. The number of fused-ring (bicyclic) bond motifs is 1. The third-order valence-corrected chi connectivity index (χ3v) is 4.10. The molecule has 3 heteroatoms. The average molecular weight is 261 g/mol. The normalized spacial score (nSPS) is 13.8. The molecule has 96 valence electrons. The van der Waals surface area contributed by atoms with Gasteiger partial charge in [-0.3, -0.25) is 4.98 Å². The molecular weight excluding hydrogens is 242 g/mol. The second kappa shape index (κ2) is 5.29. The zero-order chi connectivity index (χ0) is 13.2. The van der Waals surface area contributed by atoms with Crippen LogP contribution in [0.15, 0.2) is 36.7 Å². The molecule has 1 atom stereocenters. The Labute approximate surface area is 112 Å². The number of nitrogens with zero attached hydrogens (tertiary/aromatic N) is 1. The van der Waals surface area contributed by atoms with Gasteiger partial charge in [-0.05, 0) is 17.0 Å². The SMILES string of the molecule is CC(C)(C)SCC(O)c1cccc2ccncc12. The van der Waals surface area contributed by atoms with Gasteiger partial charge in [-0.15, -0.1) is 0 Å². The molecule has 2 rings (SSSR count). The third-order valence-electron chi connectivity index (χ3n) is 2.75. The maximum absolute atomic E-state index is 10.3. The molecule has 0 saturated carbocycles. The molecule has 0 fully saturated rings. The number of hydrogen-bond donors (Lipinski definition) is 1. The van der Waals surface area contributed by atoms with Gasteiger partial charge in [-0.25, -0.2) is 0 Å². The number of aliphatic hydroxyl groups excluding tert-OH is 1. The average Bonchev–Trinajstić information content (AvgIpc) is 2.34. The highest BCUT2D eigenvalue weighted by Crippen LogP contribution is 2.31. The summed E-state index contributed by atoms with van der Waals surface area (Å²) in [6.07, 6.45) is 3.17. The molecule has 1 heterocycles. The van der Waals surface area contributed by atoms with Crippen molar-refractivity contribution in [2.75, 3.05) is 5.75 Å². The van der Waals surface area contributed by atoms with Gasteiger partial charge in [0.15, 0.2) is 0 Å². The van der Waals surface area contributed by atoms with Crippen molar-refractivity contribution in [3.8, 4) is 0 Å². The standard InChI is InChI=1S/C15H19NOS/c1-15(2,3)18-10-14(17)12-6-4-5-11-7-8-16-9-13(11)12/h4-9,14,17H,10H2,1-3H3. The first kappa shape index (κ1) is 13.4. The van der Waals surface area contributed by atoms with E-state index in [1.807, 2.05) is 30.5 Å². The molecule has 0 bridgehead atoms. The number of rotatable bonds is 3. The summed E-state index contributed by atoms with van der Waals surface area (Å²) in [6.45, 7) is 6.49. The summed E-state index contributed by atoms with van der Waals surface area (Å²) in [5, 5.41) is 12.5. The van der Waals surface area contributed by atoms with E-state index in [0.29, 0.717) is 5.75 Å². The fourth-order valence-electron chi connectivity index (χ4n) is 1.85. The van der Waals surface area contributed by atoms with Gasteiger partial charge in [0.05, 0.1) is 6.10 Å². The number of aromatic nitrogens is 1. The minimum atomic E-state index is -0.442. The van der Waals surface area contributed by atoms with Crippen LogP contribution < -0.4 is 0 Å². The summed E-state index contributed by atoms with van der Waals surface area (Å²) >= 11 is 1.77. The smallest absolute Gasteiger partial charge is 0.0887 e. The van der Waals surface area contributed by atoms with Crippen molar-refractivity contribution < 1.29 is 5.11 Å². The Bertz CT molecular complexity index is 528. The van der Waals surface area contributed by atoms with Crippen molar-refractivity contribution in [3.05, 3.63) is 42.2 Å². The monoisotopic (exact) mass is 261 g/mol. The van der Waals surface area contributed by atoms with Crippen LogP contribution in [0.25, 0.3) is 10.8 Å². The largest absolute Gasteiger partial charge is 0.388 e. The Morgan fingerprint density at radius 1 is 1.28 bits per heavy atom. The van der Waals surface area contributed by atoms with Gasteiger partial charge in [0, 0.05) is 28.3 Å². The molecular formula is C15H19NOS. The first-order valence-corrected chi connectivity index (χ1v) is 7.10. The van der Waals surface area contributed by atoms with Crippen LogP contribution in [0.3, 0.4) is 0 Å². The van der Waals surface area contributed by atoms with E-state index in [-0.39, 0.29) is 4.75 Å². The number of hydrogen-bond acceptors (Lipinski definition) is 3. The van der Waals surface area contributed by atoms with Gasteiger partial charge in [0.2, 0.25) is 0 Å². The van der Waals surface area contributed by atoms with Crippen LogP contribution in [-0.2, 0) is 0 Å². The predicted molar refractivity (Wildman–Crippen MR) is 78.9 cm³/mol. The van der Waals surface area contributed by atoms with E-state index >= 15 is 0 Å². The molecule has 18 heavy (non-hydrogen) atoms. The molecule has 2 nitrogen and oxygen atoms in total. The molecule has 0 radical (unpaired) electrons. The minimum Gasteiger partial charge on any atom is -0.388 e. The summed E-state index contributed by atoms with van der Waals surface area (Å²) in [5.41, 5.74) is 0.970. The van der Waals surface area contributed by atoms with Crippen LogP contribution >= 0.6 is 11.8 Å².